The second-order valence-corrected chi connectivity index (χ2v) is 14.4. The van der Waals surface area contributed by atoms with Crippen LogP contribution < -0.4 is 0 Å². The van der Waals surface area contributed by atoms with Crippen LogP contribution in [0.15, 0.2) is 206 Å². The summed E-state index contributed by atoms with van der Waals surface area (Å²) in [5, 5.41) is 15.1. The van der Waals surface area contributed by atoms with Crippen LogP contribution in [0.4, 0.5) is 0 Å². The molecular formula is C54H34. The molecule has 0 aliphatic heterocycles. The van der Waals surface area contributed by atoms with Gasteiger partial charge in [-0.2, -0.15) is 0 Å². The van der Waals surface area contributed by atoms with Crippen LogP contribution in [0.5, 0.6) is 0 Å². The predicted octanol–water partition coefficient (Wildman–Crippen LogP) is 15.3. The quantitative estimate of drug-likeness (QED) is 0.128. The average Bonchev–Trinajstić information content (AvgIpc) is 3.25. The molecule has 0 fully saturated rings. The smallest absolute Gasteiger partial charge is 0.00199 e. The maximum atomic E-state index is 2.44. The molecule has 0 nitrogen and oxygen atoms in total. The summed E-state index contributed by atoms with van der Waals surface area (Å²) in [5.74, 6) is 0. The van der Waals surface area contributed by atoms with Gasteiger partial charge in [0, 0.05) is 0 Å². The lowest BCUT2D eigenvalue weighted by Gasteiger charge is -2.20. The van der Waals surface area contributed by atoms with Crippen LogP contribution in [0, 0.1) is 0 Å². The van der Waals surface area contributed by atoms with Crippen molar-refractivity contribution in [2.24, 2.45) is 0 Å². The lowest BCUT2D eigenvalue weighted by atomic mass is 9.83. The van der Waals surface area contributed by atoms with E-state index >= 15 is 0 Å². The fourth-order valence-corrected chi connectivity index (χ4v) is 8.91. The molecule has 0 saturated carbocycles. The van der Waals surface area contributed by atoms with Crippen molar-refractivity contribution in [2.45, 2.75) is 0 Å². The van der Waals surface area contributed by atoms with Crippen molar-refractivity contribution in [3.63, 3.8) is 0 Å². The Bertz CT molecular complexity index is 3270. The first kappa shape index (κ1) is 30.6. The van der Waals surface area contributed by atoms with E-state index in [0.717, 1.165) is 0 Å². The molecule has 0 spiro atoms. The van der Waals surface area contributed by atoms with Gasteiger partial charge in [0.25, 0.3) is 0 Å². The molecule has 0 bridgehead atoms. The number of rotatable bonds is 4. The monoisotopic (exact) mass is 682 g/mol. The molecule has 11 rings (SSSR count). The van der Waals surface area contributed by atoms with Crippen molar-refractivity contribution < 1.29 is 0 Å². The molecule has 11 aromatic carbocycles. The summed E-state index contributed by atoms with van der Waals surface area (Å²) in [4.78, 5) is 0. The maximum Gasteiger partial charge on any atom is -0.00199 e. The van der Waals surface area contributed by atoms with E-state index < -0.39 is 0 Å². The zero-order valence-electron chi connectivity index (χ0n) is 29.6. The van der Waals surface area contributed by atoms with Crippen molar-refractivity contribution in [3.8, 4) is 44.5 Å². The Hall–Kier alpha value is -7.02. The second-order valence-electron chi connectivity index (χ2n) is 14.4. The first-order valence-electron chi connectivity index (χ1n) is 18.8. The minimum Gasteiger partial charge on any atom is -0.0616 e. The highest BCUT2D eigenvalue weighted by Gasteiger charge is 2.20. The van der Waals surface area contributed by atoms with Crippen molar-refractivity contribution in [1.82, 2.24) is 0 Å². The molecule has 54 heavy (non-hydrogen) atoms. The summed E-state index contributed by atoms with van der Waals surface area (Å²) < 4.78 is 0. The zero-order chi connectivity index (χ0) is 35.6. The third-order valence-electron chi connectivity index (χ3n) is 11.4. The van der Waals surface area contributed by atoms with Gasteiger partial charge in [-0.1, -0.05) is 182 Å². The molecule has 0 heterocycles. The van der Waals surface area contributed by atoms with Crippen molar-refractivity contribution >= 4 is 64.6 Å². The fraction of sp³-hybridized carbons (Fsp3) is 0. The van der Waals surface area contributed by atoms with Gasteiger partial charge in [0.05, 0.1) is 0 Å². The summed E-state index contributed by atoms with van der Waals surface area (Å²) in [6.45, 7) is 0. The third kappa shape index (κ3) is 4.85. The molecule has 0 radical (unpaired) electrons. The van der Waals surface area contributed by atoms with Crippen LogP contribution in [0.3, 0.4) is 0 Å². The van der Waals surface area contributed by atoms with E-state index in [9.17, 15) is 0 Å². The van der Waals surface area contributed by atoms with Gasteiger partial charge in [0.15, 0.2) is 0 Å². The largest absolute Gasteiger partial charge is 0.0616 e. The minimum atomic E-state index is 1.22. The summed E-state index contributed by atoms with van der Waals surface area (Å²) in [6, 6.07) is 76.3. The summed E-state index contributed by atoms with van der Waals surface area (Å²) in [6.07, 6.45) is 0. The lowest BCUT2D eigenvalue weighted by Crippen LogP contribution is -1.93. The molecule has 0 aliphatic rings. The molecule has 0 amide bonds. The molecule has 0 heteroatoms. The van der Waals surface area contributed by atoms with E-state index in [1.54, 1.807) is 0 Å². The van der Waals surface area contributed by atoms with E-state index in [2.05, 4.69) is 206 Å². The summed E-state index contributed by atoms with van der Waals surface area (Å²) in [5.41, 5.74) is 9.93. The van der Waals surface area contributed by atoms with Crippen molar-refractivity contribution in [1.29, 1.82) is 0 Å². The molecule has 0 saturated heterocycles. The summed E-state index contributed by atoms with van der Waals surface area (Å²) in [7, 11) is 0. The average molecular weight is 683 g/mol. The van der Waals surface area contributed by atoms with E-state index in [0.29, 0.717) is 0 Å². The van der Waals surface area contributed by atoms with Crippen LogP contribution in [-0.4, -0.2) is 0 Å². The van der Waals surface area contributed by atoms with Crippen LogP contribution in [0.2, 0.25) is 0 Å². The van der Waals surface area contributed by atoms with Gasteiger partial charge in [-0.25, -0.2) is 0 Å². The third-order valence-corrected chi connectivity index (χ3v) is 11.4. The van der Waals surface area contributed by atoms with Gasteiger partial charge >= 0.3 is 0 Å². The van der Waals surface area contributed by atoms with Crippen LogP contribution in [0.25, 0.3) is 109 Å². The molecule has 250 valence electrons. The number of benzene rings is 11. The maximum absolute atomic E-state index is 2.44. The van der Waals surface area contributed by atoms with Gasteiger partial charge in [-0.15, -0.1) is 0 Å². The van der Waals surface area contributed by atoms with Gasteiger partial charge in [-0.05, 0) is 133 Å². The molecule has 0 unspecified atom stereocenters. The molecule has 11 aromatic rings. The summed E-state index contributed by atoms with van der Waals surface area (Å²) >= 11 is 0. The zero-order valence-corrected chi connectivity index (χ0v) is 29.6. The van der Waals surface area contributed by atoms with Gasteiger partial charge in [0.1, 0.15) is 0 Å². The number of hydrogen-bond acceptors (Lipinski definition) is 0. The Morgan fingerprint density at radius 1 is 0.185 bits per heavy atom. The normalized spacial score (nSPS) is 11.7. The highest BCUT2D eigenvalue weighted by atomic mass is 14.2. The Labute approximate surface area is 314 Å². The highest BCUT2D eigenvalue weighted by molar-refractivity contribution is 6.24. The minimum absolute atomic E-state index is 1.22. The Morgan fingerprint density at radius 3 is 1.57 bits per heavy atom. The number of hydrogen-bond donors (Lipinski definition) is 0. The van der Waals surface area contributed by atoms with E-state index in [1.165, 1.54) is 109 Å². The first-order valence-corrected chi connectivity index (χ1v) is 18.8. The highest BCUT2D eigenvalue weighted by Crippen LogP contribution is 2.47. The van der Waals surface area contributed by atoms with Crippen molar-refractivity contribution in [2.75, 3.05) is 0 Å². The second kappa shape index (κ2) is 12.3. The Balaban J connectivity index is 1.22. The van der Waals surface area contributed by atoms with Gasteiger partial charge in [0.2, 0.25) is 0 Å². The number of fused-ring (bicyclic) bond motifs is 7. The fourth-order valence-electron chi connectivity index (χ4n) is 8.91. The van der Waals surface area contributed by atoms with E-state index in [4.69, 9.17) is 0 Å². The van der Waals surface area contributed by atoms with Crippen LogP contribution >= 0.6 is 0 Å². The molecule has 0 aliphatic carbocycles. The van der Waals surface area contributed by atoms with E-state index in [-0.39, 0.29) is 0 Å². The SMILES string of the molecule is c1cc(-c2c3ccccc3c(-c3cccc4ccccc34)c3cc(-c4ccc5ccccc5c4)ccc23)cc(-c2cc3ccccc3c3ccccc23)c1. The van der Waals surface area contributed by atoms with Gasteiger partial charge in [-0.3, -0.25) is 0 Å². The van der Waals surface area contributed by atoms with Gasteiger partial charge < -0.3 is 0 Å². The first-order chi connectivity index (χ1) is 26.8. The predicted molar refractivity (Wildman–Crippen MR) is 233 cm³/mol. The molecule has 0 atom stereocenters. The molecule has 0 aromatic heterocycles. The van der Waals surface area contributed by atoms with E-state index in [1.807, 2.05) is 0 Å². The van der Waals surface area contributed by atoms with Crippen LogP contribution in [-0.2, 0) is 0 Å². The standard InChI is InChI=1S/C54H34/c1-2-15-37-31-38(28-27-35(37)13-1)39-29-30-50-52(33-39)54(47-26-12-17-36-14-3-5-20-43(36)47)49-25-10-9-24-48(49)53(50)42-19-11-18-40(32-42)51-34-41-16-4-6-21-44(41)45-22-7-8-23-46(45)51/h1-34H. The molecular weight excluding hydrogens is 649 g/mol. The Kier molecular flexibility index (Phi) is 6.97. The lowest BCUT2D eigenvalue weighted by molar-refractivity contribution is 1.63. The molecule has 0 N–H and O–H groups in total. The topological polar surface area (TPSA) is 0 Å². The van der Waals surface area contributed by atoms with Crippen LogP contribution in [0.1, 0.15) is 0 Å². The van der Waals surface area contributed by atoms with Crippen molar-refractivity contribution in [3.05, 3.63) is 206 Å². The Morgan fingerprint density at radius 2 is 0.741 bits per heavy atom.